The number of rotatable bonds is 4. The zero-order chi connectivity index (χ0) is 8.97. The molecule has 1 N–H and O–H groups in total. The van der Waals surface area contributed by atoms with Gasteiger partial charge in [0, 0.05) is 10.9 Å². The molecule has 0 amide bonds. The molecule has 1 aromatic rings. The van der Waals surface area contributed by atoms with Crippen LogP contribution in [0.4, 0.5) is 0 Å². The Morgan fingerprint density at radius 3 is 2.75 bits per heavy atom. The molecule has 1 rings (SSSR count). The smallest absolute Gasteiger partial charge is 0.0438 e. The van der Waals surface area contributed by atoms with Crippen molar-refractivity contribution in [2.45, 2.75) is 26.3 Å². The van der Waals surface area contributed by atoms with Crippen LogP contribution in [0.2, 0.25) is 0 Å². The van der Waals surface area contributed by atoms with E-state index in [1.54, 1.807) is 0 Å². The predicted octanol–water partition coefficient (Wildman–Crippen LogP) is 3.05. The fourth-order valence-electron chi connectivity index (χ4n) is 1.41. The minimum absolute atomic E-state index is 0.537. The van der Waals surface area contributed by atoms with E-state index in [-0.39, 0.29) is 0 Å². The van der Waals surface area contributed by atoms with Crippen LogP contribution in [-0.4, -0.2) is 7.05 Å². The average molecular weight is 183 g/mol. The van der Waals surface area contributed by atoms with Gasteiger partial charge in [0.1, 0.15) is 0 Å². The Labute approximate surface area is 78.8 Å². The summed E-state index contributed by atoms with van der Waals surface area (Å²) in [6.07, 6.45) is 1.23. The summed E-state index contributed by atoms with van der Waals surface area (Å²) in [5.41, 5.74) is 0. The molecule has 0 radical (unpaired) electrons. The Bertz CT molecular complexity index is 206. The van der Waals surface area contributed by atoms with Crippen LogP contribution in [-0.2, 0) is 0 Å². The molecular formula is C10H17NS. The molecule has 1 nitrogen and oxygen atoms in total. The van der Waals surface area contributed by atoms with Crippen molar-refractivity contribution < 1.29 is 0 Å². The van der Waals surface area contributed by atoms with Crippen LogP contribution in [0, 0.1) is 5.92 Å². The Kier molecular flexibility index (Phi) is 3.76. The summed E-state index contributed by atoms with van der Waals surface area (Å²) in [5, 5.41) is 5.51. The molecule has 12 heavy (non-hydrogen) atoms. The van der Waals surface area contributed by atoms with E-state index >= 15 is 0 Å². The highest BCUT2D eigenvalue weighted by Crippen LogP contribution is 2.27. The summed E-state index contributed by atoms with van der Waals surface area (Å²) in [7, 11) is 2.04. The molecule has 0 aliphatic heterocycles. The zero-order valence-electron chi connectivity index (χ0n) is 8.00. The quantitative estimate of drug-likeness (QED) is 0.756. The van der Waals surface area contributed by atoms with Crippen molar-refractivity contribution in [1.82, 2.24) is 5.32 Å². The van der Waals surface area contributed by atoms with E-state index in [1.165, 1.54) is 11.3 Å². The molecule has 0 saturated carbocycles. The molecule has 2 atom stereocenters. The molecule has 0 saturated heterocycles. The molecule has 2 heteroatoms. The summed E-state index contributed by atoms with van der Waals surface area (Å²) in [6.45, 7) is 4.53. The first kappa shape index (κ1) is 9.75. The summed E-state index contributed by atoms with van der Waals surface area (Å²) in [4.78, 5) is 1.45. The second kappa shape index (κ2) is 4.63. The van der Waals surface area contributed by atoms with Crippen LogP contribution in [0.15, 0.2) is 17.5 Å². The lowest BCUT2D eigenvalue weighted by Gasteiger charge is -2.20. The van der Waals surface area contributed by atoms with Gasteiger partial charge < -0.3 is 5.32 Å². The van der Waals surface area contributed by atoms with Gasteiger partial charge in [-0.1, -0.05) is 26.3 Å². The van der Waals surface area contributed by atoms with E-state index in [2.05, 4.69) is 36.7 Å². The van der Waals surface area contributed by atoms with Crippen molar-refractivity contribution in [3.63, 3.8) is 0 Å². The third-order valence-corrected chi connectivity index (χ3v) is 3.33. The summed E-state index contributed by atoms with van der Waals surface area (Å²) in [6, 6.07) is 4.86. The molecule has 0 aromatic carbocycles. The van der Waals surface area contributed by atoms with Crippen molar-refractivity contribution in [2.75, 3.05) is 7.05 Å². The molecule has 0 fully saturated rings. The first-order valence-electron chi connectivity index (χ1n) is 4.50. The van der Waals surface area contributed by atoms with Gasteiger partial charge in [-0.05, 0) is 24.4 Å². The van der Waals surface area contributed by atoms with Gasteiger partial charge in [0.2, 0.25) is 0 Å². The minimum Gasteiger partial charge on any atom is -0.312 e. The SMILES string of the molecule is CCC(C)C(NC)c1cccs1. The summed E-state index contributed by atoms with van der Waals surface area (Å²) in [5.74, 6) is 0.716. The van der Waals surface area contributed by atoms with Crippen LogP contribution < -0.4 is 5.32 Å². The highest BCUT2D eigenvalue weighted by molar-refractivity contribution is 7.10. The van der Waals surface area contributed by atoms with E-state index in [1.807, 2.05) is 18.4 Å². The third-order valence-electron chi connectivity index (χ3n) is 2.37. The second-order valence-electron chi connectivity index (χ2n) is 3.17. The molecule has 1 heterocycles. The van der Waals surface area contributed by atoms with Crippen LogP contribution >= 0.6 is 11.3 Å². The maximum Gasteiger partial charge on any atom is 0.0438 e. The molecule has 0 bridgehead atoms. The van der Waals surface area contributed by atoms with Gasteiger partial charge in [-0.3, -0.25) is 0 Å². The summed E-state index contributed by atoms with van der Waals surface area (Å²) < 4.78 is 0. The van der Waals surface area contributed by atoms with Gasteiger partial charge in [0.25, 0.3) is 0 Å². The number of hydrogen-bond donors (Lipinski definition) is 1. The van der Waals surface area contributed by atoms with Crippen LogP contribution in [0.3, 0.4) is 0 Å². The second-order valence-corrected chi connectivity index (χ2v) is 4.15. The van der Waals surface area contributed by atoms with E-state index in [0.717, 1.165) is 0 Å². The van der Waals surface area contributed by atoms with Gasteiger partial charge in [-0.2, -0.15) is 0 Å². The molecule has 1 aromatic heterocycles. The maximum atomic E-state index is 3.37. The highest BCUT2D eigenvalue weighted by Gasteiger charge is 2.15. The van der Waals surface area contributed by atoms with Crippen LogP contribution in [0.1, 0.15) is 31.2 Å². The Balaban J connectivity index is 2.69. The monoisotopic (exact) mass is 183 g/mol. The molecule has 0 spiro atoms. The van der Waals surface area contributed by atoms with Gasteiger partial charge in [0.15, 0.2) is 0 Å². The molecule has 2 unspecified atom stereocenters. The number of thiophene rings is 1. The Morgan fingerprint density at radius 2 is 2.33 bits per heavy atom. The summed E-state index contributed by atoms with van der Waals surface area (Å²) >= 11 is 1.84. The normalized spacial score (nSPS) is 15.9. The van der Waals surface area contributed by atoms with E-state index in [4.69, 9.17) is 0 Å². The Hall–Kier alpha value is -0.340. The topological polar surface area (TPSA) is 12.0 Å². The number of nitrogens with one attached hydrogen (secondary N) is 1. The van der Waals surface area contributed by atoms with Gasteiger partial charge >= 0.3 is 0 Å². The lowest BCUT2D eigenvalue weighted by atomic mass is 9.98. The first-order valence-corrected chi connectivity index (χ1v) is 5.38. The van der Waals surface area contributed by atoms with E-state index < -0.39 is 0 Å². The van der Waals surface area contributed by atoms with Crippen LogP contribution in [0.25, 0.3) is 0 Å². The maximum absolute atomic E-state index is 3.37. The van der Waals surface area contributed by atoms with Crippen molar-refractivity contribution in [2.24, 2.45) is 5.92 Å². The van der Waals surface area contributed by atoms with Gasteiger partial charge in [-0.15, -0.1) is 11.3 Å². The molecule has 68 valence electrons. The molecule has 0 aliphatic rings. The first-order chi connectivity index (χ1) is 5.79. The zero-order valence-corrected chi connectivity index (χ0v) is 8.82. The van der Waals surface area contributed by atoms with E-state index in [9.17, 15) is 0 Å². The lowest BCUT2D eigenvalue weighted by molar-refractivity contribution is 0.406. The minimum atomic E-state index is 0.537. The lowest BCUT2D eigenvalue weighted by Crippen LogP contribution is -2.21. The number of hydrogen-bond acceptors (Lipinski definition) is 2. The van der Waals surface area contributed by atoms with Crippen molar-refractivity contribution in [1.29, 1.82) is 0 Å². The van der Waals surface area contributed by atoms with E-state index in [0.29, 0.717) is 12.0 Å². The van der Waals surface area contributed by atoms with Gasteiger partial charge in [-0.25, -0.2) is 0 Å². The van der Waals surface area contributed by atoms with Crippen molar-refractivity contribution in [3.05, 3.63) is 22.4 Å². The van der Waals surface area contributed by atoms with Gasteiger partial charge in [0.05, 0.1) is 0 Å². The highest BCUT2D eigenvalue weighted by atomic mass is 32.1. The Morgan fingerprint density at radius 1 is 1.58 bits per heavy atom. The standard InChI is InChI=1S/C10H17NS/c1-4-8(2)10(11-3)9-6-5-7-12-9/h5-8,10-11H,4H2,1-3H3. The fourth-order valence-corrected chi connectivity index (χ4v) is 2.38. The predicted molar refractivity (Wildman–Crippen MR) is 55.6 cm³/mol. The largest absolute Gasteiger partial charge is 0.312 e. The van der Waals surface area contributed by atoms with Crippen molar-refractivity contribution in [3.8, 4) is 0 Å². The molecule has 0 aliphatic carbocycles. The molecular weight excluding hydrogens is 166 g/mol. The fraction of sp³-hybridized carbons (Fsp3) is 0.600. The van der Waals surface area contributed by atoms with Crippen molar-refractivity contribution >= 4 is 11.3 Å². The van der Waals surface area contributed by atoms with Crippen LogP contribution in [0.5, 0.6) is 0 Å². The average Bonchev–Trinajstić information content (AvgIpc) is 2.58. The third kappa shape index (κ3) is 2.08.